The molecular weight excluding hydrogens is 1230 g/mol. The van der Waals surface area contributed by atoms with Crippen molar-refractivity contribution >= 4 is 76.6 Å². The molecule has 93 heavy (non-hydrogen) atoms. The van der Waals surface area contributed by atoms with Crippen LogP contribution < -0.4 is 21.3 Å². The predicted octanol–water partition coefficient (Wildman–Crippen LogP) is 6.01. The highest BCUT2D eigenvalue weighted by Gasteiger charge is 2.51. The maximum Gasteiger partial charge on any atom is 0.393 e. The molecule has 4 N–H and O–H groups in total. The topological polar surface area (TPSA) is 259 Å². The zero-order valence-electron chi connectivity index (χ0n) is 57.4. The Balaban J connectivity index is 1.35. The minimum absolute atomic E-state index is 0.0174. The van der Waals surface area contributed by atoms with Gasteiger partial charge in [-0.3, -0.25) is 52.7 Å². The maximum atomic E-state index is 15.3. The number of carbonyl (C=O) groups excluding carboxylic acids is 11. The van der Waals surface area contributed by atoms with Gasteiger partial charge >= 0.3 is 6.18 Å². The Kier molecular flexibility index (Phi) is 27.7. The van der Waals surface area contributed by atoms with Crippen LogP contribution in [0.1, 0.15) is 189 Å². The standard InChI is InChI=1S/C67H109ClF3N11O11/c1-13-42(5)57-64(92)78(9)38-55(85)76(7)39-56(86)80(11)52(36-45-24-22-41(4)23-25-45)63(91)77(8)37-53(83)73-49(29-27-44-26-28-47(48(68)35-44)67(69,70)71)62(90)82-32-18-21-50(82)60(88)75-66(30-16-17-31-66)65(93)81(12)58(46-19-14-15-20-46)61(89)72-43(6)34-54(84)79(10)51(33-40(2)3)59(87)74-57/h40-52,57-58H,13-39H2,1-12H3,(H,72,89)(H,73,83)(H,74,87)(H,75,88)/t41?,42-,43+,44?,45?,47?,48?,49-,50-,51-,52-,57-,58-/m0/s1. The van der Waals surface area contributed by atoms with E-state index >= 15 is 9.59 Å². The molecule has 6 rings (SSSR count). The summed E-state index contributed by atoms with van der Waals surface area (Å²) in [6.45, 7) is 9.80. The maximum absolute atomic E-state index is 15.3. The van der Waals surface area contributed by atoms with Crippen LogP contribution in [-0.4, -0.2) is 227 Å². The van der Waals surface area contributed by atoms with Crippen LogP contribution in [0.5, 0.6) is 0 Å². The summed E-state index contributed by atoms with van der Waals surface area (Å²) in [5.41, 5.74) is -1.46. The fraction of sp³-hybridized carbons (Fsp3) is 0.836. The molecule has 2 saturated heterocycles. The summed E-state index contributed by atoms with van der Waals surface area (Å²) in [5.74, 6) is -8.71. The van der Waals surface area contributed by atoms with Crippen molar-refractivity contribution in [1.82, 2.24) is 55.6 Å². The molecule has 2 aliphatic heterocycles. The van der Waals surface area contributed by atoms with E-state index in [9.17, 15) is 56.3 Å². The number of halogens is 4. The molecule has 0 radical (unpaired) electrons. The van der Waals surface area contributed by atoms with Gasteiger partial charge in [-0.2, -0.15) is 13.2 Å². The molecular formula is C67H109ClF3N11O11. The van der Waals surface area contributed by atoms with Gasteiger partial charge in [0.15, 0.2) is 0 Å². The molecule has 11 atom stereocenters. The Morgan fingerprint density at radius 3 is 1.81 bits per heavy atom. The zero-order chi connectivity index (χ0) is 69.0. The van der Waals surface area contributed by atoms with Crippen molar-refractivity contribution in [3.63, 3.8) is 0 Å². The van der Waals surface area contributed by atoms with Crippen molar-refractivity contribution in [3.05, 3.63) is 0 Å². The number of hydrogen-bond donors (Lipinski definition) is 4. The van der Waals surface area contributed by atoms with E-state index in [4.69, 9.17) is 11.6 Å². The molecule has 6 aliphatic rings. The Morgan fingerprint density at radius 1 is 0.602 bits per heavy atom. The fourth-order valence-corrected chi connectivity index (χ4v) is 15.7. The number of nitrogens with zero attached hydrogens (tertiary/aromatic N) is 7. The second-order valence-corrected chi connectivity index (χ2v) is 29.6. The van der Waals surface area contributed by atoms with E-state index in [1.54, 1.807) is 20.9 Å². The van der Waals surface area contributed by atoms with Crippen molar-refractivity contribution < 1.29 is 65.9 Å². The highest BCUT2D eigenvalue weighted by molar-refractivity contribution is 6.20. The summed E-state index contributed by atoms with van der Waals surface area (Å²) < 4.78 is 41.8. The molecule has 2 heterocycles. The van der Waals surface area contributed by atoms with E-state index in [1.807, 2.05) is 20.8 Å². The fourth-order valence-electron chi connectivity index (χ4n) is 15.2. The summed E-state index contributed by atoms with van der Waals surface area (Å²) in [6.07, 6.45) is 4.89. The highest BCUT2D eigenvalue weighted by atomic mass is 35.5. The Morgan fingerprint density at radius 2 is 1.20 bits per heavy atom. The third kappa shape index (κ3) is 19.9. The van der Waals surface area contributed by atoms with Crippen LogP contribution in [0, 0.1) is 41.4 Å². The molecule has 6 fully saturated rings. The van der Waals surface area contributed by atoms with Crippen LogP contribution in [0.4, 0.5) is 13.2 Å². The molecule has 0 aromatic carbocycles. The van der Waals surface area contributed by atoms with E-state index in [0.717, 1.165) is 43.4 Å². The first-order chi connectivity index (χ1) is 43.7. The summed E-state index contributed by atoms with van der Waals surface area (Å²) in [7, 11) is 8.74. The van der Waals surface area contributed by atoms with E-state index < -0.39 is 156 Å². The average molecular weight is 1340 g/mol. The second-order valence-electron chi connectivity index (χ2n) is 29.1. The van der Waals surface area contributed by atoms with E-state index in [2.05, 4.69) is 28.2 Å². The third-order valence-corrected chi connectivity index (χ3v) is 21.8. The number of fused-ring (bicyclic) bond motifs is 1. The van der Waals surface area contributed by atoms with Crippen LogP contribution >= 0.6 is 11.6 Å². The summed E-state index contributed by atoms with van der Waals surface area (Å²) in [4.78, 5) is 170. The largest absolute Gasteiger partial charge is 0.393 e. The van der Waals surface area contributed by atoms with Crippen LogP contribution in [0.2, 0.25) is 0 Å². The summed E-state index contributed by atoms with van der Waals surface area (Å²) in [6, 6.07) is -7.45. The van der Waals surface area contributed by atoms with E-state index in [-0.39, 0.29) is 101 Å². The van der Waals surface area contributed by atoms with E-state index in [1.165, 1.54) is 64.6 Å². The van der Waals surface area contributed by atoms with Gasteiger partial charge in [-0.1, -0.05) is 92.4 Å². The SMILES string of the molecule is CC[C@H](C)[C@@H]1NC(=O)[C@H](CC(C)C)N(C)C(=O)C[C@@H](C)NC(=O)[C@H](C2CCCC2)N(C)C(=O)C2(CCCC2)NC(=O)[C@@H]2CCCN2C(=O)[C@H](CCC2CCC(C(F)(F)F)C(Cl)C2)NC(=O)CN(C)C(=O)[C@H](CC2CCC(C)CC2)N(C)C(=O)CN(C)C(=O)CN(C)C1=O. The van der Waals surface area contributed by atoms with Crippen molar-refractivity contribution in [3.8, 4) is 0 Å². The van der Waals surface area contributed by atoms with Gasteiger partial charge in [0.1, 0.15) is 41.8 Å². The van der Waals surface area contributed by atoms with Gasteiger partial charge < -0.3 is 55.6 Å². The molecule has 0 bridgehead atoms. The number of alkyl halides is 4. The number of hydrogen-bond acceptors (Lipinski definition) is 11. The van der Waals surface area contributed by atoms with Crippen LogP contribution in [0.15, 0.2) is 0 Å². The van der Waals surface area contributed by atoms with Crippen LogP contribution in [0.3, 0.4) is 0 Å². The average Bonchev–Trinajstić information content (AvgIpc) is 1.71. The van der Waals surface area contributed by atoms with Gasteiger partial charge in [-0.05, 0) is 126 Å². The molecule has 4 saturated carbocycles. The van der Waals surface area contributed by atoms with Crippen molar-refractivity contribution in [2.45, 2.75) is 249 Å². The quantitative estimate of drug-likeness (QED) is 0.184. The molecule has 0 aromatic heterocycles. The molecule has 11 amide bonds. The summed E-state index contributed by atoms with van der Waals surface area (Å²) >= 11 is 6.38. The lowest BCUT2D eigenvalue weighted by molar-refractivity contribution is -0.182. The lowest BCUT2D eigenvalue weighted by Gasteiger charge is -2.40. The number of amides is 11. The zero-order valence-corrected chi connectivity index (χ0v) is 58.1. The Bertz CT molecular complexity index is 2650. The minimum atomic E-state index is -4.49. The molecule has 0 aromatic rings. The lowest BCUT2D eigenvalue weighted by Crippen LogP contribution is -2.64. The smallest absolute Gasteiger partial charge is 0.351 e. The Hall–Kier alpha value is -5.75. The monoisotopic (exact) mass is 1340 g/mol. The first-order valence-corrected chi connectivity index (χ1v) is 34.9. The first kappa shape index (κ1) is 76.3. The first-order valence-electron chi connectivity index (χ1n) is 34.4. The normalized spacial score (nSPS) is 31.7. The van der Waals surface area contributed by atoms with Crippen molar-refractivity contribution in [1.29, 1.82) is 0 Å². The van der Waals surface area contributed by atoms with Gasteiger partial charge in [0.05, 0.1) is 25.6 Å². The second kappa shape index (κ2) is 33.8. The number of carbonyl (C=O) groups is 11. The summed E-state index contributed by atoms with van der Waals surface area (Å²) in [5, 5.41) is 10.6. The van der Waals surface area contributed by atoms with Crippen LogP contribution in [0.25, 0.3) is 0 Å². The van der Waals surface area contributed by atoms with Crippen molar-refractivity contribution in [2.24, 2.45) is 41.4 Å². The van der Waals surface area contributed by atoms with Crippen LogP contribution in [-0.2, 0) is 52.7 Å². The molecule has 4 aliphatic carbocycles. The molecule has 526 valence electrons. The number of nitrogens with one attached hydrogen (secondary N) is 4. The number of likely N-dealkylation sites (N-methyl/N-ethyl adjacent to an activating group) is 6. The van der Waals surface area contributed by atoms with Gasteiger partial charge in [-0.25, -0.2) is 0 Å². The minimum Gasteiger partial charge on any atom is -0.351 e. The molecule has 1 spiro atoms. The van der Waals surface area contributed by atoms with Gasteiger partial charge in [0.25, 0.3) is 0 Å². The van der Waals surface area contributed by atoms with Crippen molar-refractivity contribution in [2.75, 3.05) is 68.5 Å². The molecule has 22 nitrogen and oxygen atoms in total. The van der Waals surface area contributed by atoms with E-state index in [0.29, 0.717) is 44.4 Å². The van der Waals surface area contributed by atoms with Gasteiger partial charge in [0.2, 0.25) is 65.0 Å². The third-order valence-electron chi connectivity index (χ3n) is 21.4. The van der Waals surface area contributed by atoms with Gasteiger partial charge in [-0.15, -0.1) is 11.6 Å². The highest BCUT2D eigenvalue weighted by Crippen LogP contribution is 2.44. The molecule has 3 unspecified atom stereocenters. The number of rotatable bonds is 10. The lowest BCUT2D eigenvalue weighted by atomic mass is 9.78. The molecule has 26 heteroatoms. The predicted molar refractivity (Wildman–Crippen MR) is 345 cm³/mol. The van der Waals surface area contributed by atoms with Gasteiger partial charge in [0, 0.05) is 66.7 Å². The Labute approximate surface area is 554 Å².